The molecule has 0 aromatic carbocycles. The Bertz CT molecular complexity index is 334. The van der Waals surface area contributed by atoms with E-state index in [-0.39, 0.29) is 0 Å². The summed E-state index contributed by atoms with van der Waals surface area (Å²) in [7, 11) is 0. The molecule has 2 fully saturated rings. The van der Waals surface area contributed by atoms with Gasteiger partial charge in [-0.2, -0.15) is 0 Å². The van der Waals surface area contributed by atoms with Gasteiger partial charge >= 0.3 is 0 Å². The average Bonchev–Trinajstić information content (AvgIpc) is 2.30. The average molecular weight is 236 g/mol. The van der Waals surface area contributed by atoms with E-state index in [1.165, 1.54) is 62.7 Å². The van der Waals surface area contributed by atoms with Gasteiger partial charge in [-0.1, -0.05) is 12.0 Å². The summed E-state index contributed by atoms with van der Waals surface area (Å²) >= 11 is 4.90. The van der Waals surface area contributed by atoms with Crippen molar-refractivity contribution < 1.29 is 0 Å². The van der Waals surface area contributed by atoms with Crippen LogP contribution in [0, 0.1) is 0 Å². The van der Waals surface area contributed by atoms with Crippen molar-refractivity contribution in [2.45, 2.75) is 57.8 Å². The summed E-state index contributed by atoms with van der Waals surface area (Å²) in [5.41, 5.74) is 9.87. The third kappa shape index (κ3) is 2.91. The highest BCUT2D eigenvalue weighted by atomic mass is 32.1. The number of hydrogen-bond acceptors (Lipinski definition) is 1. The lowest BCUT2D eigenvalue weighted by molar-refractivity contribution is 0.587. The molecule has 0 unspecified atom stereocenters. The van der Waals surface area contributed by atoms with Gasteiger partial charge < -0.3 is 5.73 Å². The smallest absolute Gasteiger partial charge is 0.190 e. The Morgan fingerprint density at radius 2 is 1.56 bits per heavy atom. The van der Waals surface area contributed by atoms with E-state index in [2.05, 4.69) is 4.99 Å². The van der Waals surface area contributed by atoms with Crippen LogP contribution in [0.4, 0.5) is 0 Å². The summed E-state index contributed by atoms with van der Waals surface area (Å²) in [4.78, 5) is 4.36. The number of hydrogen-bond donors (Lipinski definition) is 1. The minimum atomic E-state index is 0.297. The lowest BCUT2D eigenvalue weighted by Crippen LogP contribution is -2.17. The number of rotatable bonds is 0. The van der Waals surface area contributed by atoms with Crippen molar-refractivity contribution in [3.05, 3.63) is 11.1 Å². The van der Waals surface area contributed by atoms with E-state index >= 15 is 0 Å². The van der Waals surface area contributed by atoms with Crippen LogP contribution in [0.15, 0.2) is 16.1 Å². The van der Waals surface area contributed by atoms with Crippen LogP contribution in [0.3, 0.4) is 0 Å². The first-order valence-corrected chi connectivity index (χ1v) is 6.76. The molecular formula is C13H20N2S. The third-order valence-corrected chi connectivity index (χ3v) is 3.66. The highest BCUT2D eigenvalue weighted by Gasteiger charge is 2.19. The first-order valence-electron chi connectivity index (χ1n) is 6.35. The van der Waals surface area contributed by atoms with Gasteiger partial charge in [-0.15, -0.1) is 0 Å². The Balaban J connectivity index is 2.24. The maximum absolute atomic E-state index is 5.54. The number of thiocarbonyl (C=S) groups is 1. The SMILES string of the molecule is NC(=S)/N=C1\CCCCC1=C1CCCCC1. The van der Waals surface area contributed by atoms with Crippen molar-refractivity contribution in [1.29, 1.82) is 0 Å². The molecule has 2 aliphatic carbocycles. The van der Waals surface area contributed by atoms with Gasteiger partial charge in [0.05, 0.1) is 0 Å². The monoisotopic (exact) mass is 236 g/mol. The fourth-order valence-corrected chi connectivity index (χ4v) is 2.92. The Kier molecular flexibility index (Phi) is 4.10. The number of aliphatic imine (C=N–C) groups is 1. The Morgan fingerprint density at radius 3 is 2.25 bits per heavy atom. The molecule has 3 heteroatoms. The van der Waals surface area contributed by atoms with Crippen LogP contribution in [0.5, 0.6) is 0 Å². The molecule has 0 bridgehead atoms. The summed E-state index contributed by atoms with van der Waals surface area (Å²) in [6.45, 7) is 0. The molecule has 0 amide bonds. The quantitative estimate of drug-likeness (QED) is 0.654. The summed E-state index contributed by atoms with van der Waals surface area (Å²) in [5, 5.41) is 0.297. The predicted molar refractivity (Wildman–Crippen MR) is 72.8 cm³/mol. The van der Waals surface area contributed by atoms with Crippen molar-refractivity contribution >= 4 is 23.0 Å². The molecule has 16 heavy (non-hydrogen) atoms. The predicted octanol–water partition coefficient (Wildman–Crippen LogP) is 3.51. The number of allylic oxidation sites excluding steroid dienone is 2. The number of nitrogens with zero attached hydrogens (tertiary/aromatic N) is 1. The van der Waals surface area contributed by atoms with Crippen LogP contribution >= 0.6 is 12.2 Å². The van der Waals surface area contributed by atoms with E-state index in [0.717, 1.165) is 6.42 Å². The van der Waals surface area contributed by atoms with Crippen LogP contribution in [-0.2, 0) is 0 Å². The molecule has 2 aliphatic rings. The zero-order chi connectivity index (χ0) is 11.4. The normalized spacial score (nSPS) is 24.9. The van der Waals surface area contributed by atoms with Gasteiger partial charge in [0, 0.05) is 5.71 Å². The lowest BCUT2D eigenvalue weighted by Gasteiger charge is -2.24. The van der Waals surface area contributed by atoms with E-state index in [4.69, 9.17) is 18.0 Å². The van der Waals surface area contributed by atoms with Crippen molar-refractivity contribution in [2.24, 2.45) is 10.7 Å². The standard InChI is InChI=1S/C13H20N2S/c14-13(16)15-12-9-5-4-8-11(12)10-6-2-1-3-7-10/h1-9H2,(H2,14,16)/b15-12+. The van der Waals surface area contributed by atoms with E-state index in [1.54, 1.807) is 5.57 Å². The number of nitrogens with two attached hydrogens (primary N) is 1. The molecule has 2 rings (SSSR count). The largest absolute Gasteiger partial charge is 0.374 e. The molecule has 0 saturated heterocycles. The second kappa shape index (κ2) is 5.58. The first-order chi connectivity index (χ1) is 7.77. The first kappa shape index (κ1) is 11.8. The highest BCUT2D eigenvalue weighted by Crippen LogP contribution is 2.32. The molecule has 0 radical (unpaired) electrons. The molecule has 0 aromatic rings. The van der Waals surface area contributed by atoms with Gasteiger partial charge in [-0.3, -0.25) is 0 Å². The van der Waals surface area contributed by atoms with Gasteiger partial charge in [0.25, 0.3) is 0 Å². The van der Waals surface area contributed by atoms with Crippen molar-refractivity contribution in [1.82, 2.24) is 0 Å². The molecule has 2 saturated carbocycles. The van der Waals surface area contributed by atoms with E-state index < -0.39 is 0 Å². The molecule has 0 atom stereocenters. The summed E-state index contributed by atoms with van der Waals surface area (Å²) in [6, 6.07) is 0. The Labute approximate surface area is 103 Å². The molecule has 0 heterocycles. The van der Waals surface area contributed by atoms with Crippen LogP contribution in [-0.4, -0.2) is 10.8 Å². The summed E-state index contributed by atoms with van der Waals surface area (Å²) in [5.74, 6) is 0. The van der Waals surface area contributed by atoms with Crippen LogP contribution < -0.4 is 5.73 Å². The summed E-state index contributed by atoms with van der Waals surface area (Å²) < 4.78 is 0. The minimum Gasteiger partial charge on any atom is -0.374 e. The molecule has 0 aliphatic heterocycles. The minimum absolute atomic E-state index is 0.297. The third-order valence-electron chi connectivity index (χ3n) is 3.57. The lowest BCUT2D eigenvalue weighted by atomic mass is 9.83. The van der Waals surface area contributed by atoms with Crippen LogP contribution in [0.1, 0.15) is 57.8 Å². The van der Waals surface area contributed by atoms with Crippen LogP contribution in [0.2, 0.25) is 0 Å². The maximum Gasteiger partial charge on any atom is 0.190 e. The molecule has 0 aromatic heterocycles. The molecular weight excluding hydrogens is 216 g/mol. The van der Waals surface area contributed by atoms with Crippen LogP contribution in [0.25, 0.3) is 0 Å². The van der Waals surface area contributed by atoms with Gasteiger partial charge in [0.2, 0.25) is 0 Å². The van der Waals surface area contributed by atoms with Crippen molar-refractivity contribution in [3.63, 3.8) is 0 Å². The van der Waals surface area contributed by atoms with Gasteiger partial charge in [-0.25, -0.2) is 4.99 Å². The van der Waals surface area contributed by atoms with E-state index in [9.17, 15) is 0 Å². The Morgan fingerprint density at radius 1 is 0.938 bits per heavy atom. The second-order valence-electron chi connectivity index (χ2n) is 4.75. The van der Waals surface area contributed by atoms with Gasteiger partial charge in [0.1, 0.15) is 0 Å². The van der Waals surface area contributed by atoms with Crippen molar-refractivity contribution in [3.8, 4) is 0 Å². The Hall–Kier alpha value is -0.700. The van der Waals surface area contributed by atoms with E-state index in [1.807, 2.05) is 0 Å². The zero-order valence-electron chi connectivity index (χ0n) is 9.80. The molecule has 88 valence electrons. The topological polar surface area (TPSA) is 38.4 Å². The van der Waals surface area contributed by atoms with Gasteiger partial charge in [-0.05, 0) is 69.2 Å². The van der Waals surface area contributed by atoms with Crippen molar-refractivity contribution in [2.75, 3.05) is 0 Å². The second-order valence-corrected chi connectivity index (χ2v) is 5.16. The molecule has 2 N–H and O–H groups in total. The van der Waals surface area contributed by atoms with Gasteiger partial charge in [0.15, 0.2) is 5.11 Å². The highest BCUT2D eigenvalue weighted by molar-refractivity contribution is 7.80. The van der Waals surface area contributed by atoms with E-state index in [0.29, 0.717) is 5.11 Å². The summed E-state index contributed by atoms with van der Waals surface area (Å²) in [6.07, 6.45) is 11.4. The fourth-order valence-electron chi connectivity index (χ4n) is 2.81. The maximum atomic E-state index is 5.54. The zero-order valence-corrected chi connectivity index (χ0v) is 10.6. The fraction of sp³-hybridized carbons (Fsp3) is 0.692. The molecule has 2 nitrogen and oxygen atoms in total. The molecule has 0 spiro atoms.